The molecule has 1 aromatic heterocycles. The maximum Gasteiger partial charge on any atom is 0.133 e. The topological polar surface area (TPSA) is 43.1 Å². The van der Waals surface area contributed by atoms with Gasteiger partial charge in [0.1, 0.15) is 5.76 Å². The zero-order chi connectivity index (χ0) is 13.1. The lowest BCUT2D eigenvalue weighted by Gasteiger charge is -2.02. The van der Waals surface area contributed by atoms with Crippen LogP contribution in [0, 0.1) is 6.92 Å². The van der Waals surface area contributed by atoms with Crippen LogP contribution in [-0.2, 0) is 22.3 Å². The summed E-state index contributed by atoms with van der Waals surface area (Å²) in [5.74, 6) is 1.51. The van der Waals surface area contributed by atoms with Gasteiger partial charge >= 0.3 is 0 Å². The third-order valence-corrected chi connectivity index (χ3v) is 4.31. The van der Waals surface area contributed by atoms with Crippen molar-refractivity contribution in [2.45, 2.75) is 18.4 Å². The number of hydrogen-bond donors (Lipinski definition) is 0. The van der Waals surface area contributed by atoms with Crippen molar-refractivity contribution < 1.29 is 8.73 Å². The Kier molecular flexibility index (Phi) is 4.43. The van der Waals surface area contributed by atoms with E-state index in [1.54, 1.807) is 25.1 Å². The van der Waals surface area contributed by atoms with Gasteiger partial charge in [0.2, 0.25) is 0 Å². The summed E-state index contributed by atoms with van der Waals surface area (Å²) < 4.78 is 16.9. The summed E-state index contributed by atoms with van der Waals surface area (Å²) in [6, 6.07) is 7.04. The highest BCUT2D eigenvalue weighted by atomic mass is 35.5. The number of rotatable bonds is 4. The van der Waals surface area contributed by atoms with Gasteiger partial charge in [-0.1, -0.05) is 34.4 Å². The lowest BCUT2D eigenvalue weighted by Crippen LogP contribution is -1.99. The van der Waals surface area contributed by atoms with Gasteiger partial charge in [-0.3, -0.25) is 4.21 Å². The highest BCUT2D eigenvalue weighted by Gasteiger charge is 2.08. The van der Waals surface area contributed by atoms with Gasteiger partial charge in [-0.15, -0.1) is 0 Å². The van der Waals surface area contributed by atoms with Gasteiger partial charge in [0.25, 0.3) is 0 Å². The third kappa shape index (κ3) is 3.57. The minimum atomic E-state index is -1.05. The minimum absolute atomic E-state index is 0.373. The fraction of sp³-hybridized carbons (Fsp3) is 0.250. The Bertz CT molecular complexity index is 583. The number of benzene rings is 1. The molecule has 0 N–H and O–H groups in total. The number of aromatic nitrogens is 1. The number of nitrogens with zero attached hydrogens (tertiary/aromatic N) is 1. The molecule has 0 fully saturated rings. The molecule has 2 rings (SSSR count). The maximum absolute atomic E-state index is 11.9. The van der Waals surface area contributed by atoms with E-state index in [-0.39, 0.29) is 0 Å². The Morgan fingerprint density at radius 2 is 2.00 bits per heavy atom. The number of hydrogen-bond acceptors (Lipinski definition) is 3. The molecule has 2 aromatic rings. The summed E-state index contributed by atoms with van der Waals surface area (Å²) in [6.45, 7) is 1.80. The van der Waals surface area contributed by atoms with E-state index >= 15 is 0 Å². The normalized spacial score (nSPS) is 12.6. The van der Waals surface area contributed by atoms with Crippen LogP contribution in [0.25, 0.3) is 0 Å². The van der Waals surface area contributed by atoms with E-state index in [1.807, 2.05) is 6.07 Å². The fourth-order valence-electron chi connectivity index (χ4n) is 1.52. The molecular formula is C12H11Cl2NO2S. The Hall–Kier alpha value is -0.840. The summed E-state index contributed by atoms with van der Waals surface area (Å²) in [5.41, 5.74) is 1.59. The number of aryl methyl sites for hydroxylation is 1. The molecule has 0 saturated carbocycles. The average Bonchev–Trinajstić information content (AvgIpc) is 2.69. The van der Waals surface area contributed by atoms with Crippen molar-refractivity contribution in [1.82, 2.24) is 5.16 Å². The van der Waals surface area contributed by atoms with Gasteiger partial charge in [0, 0.05) is 22.6 Å². The molecule has 1 heterocycles. The van der Waals surface area contributed by atoms with Gasteiger partial charge in [0.15, 0.2) is 0 Å². The summed E-state index contributed by atoms with van der Waals surface area (Å²) in [5, 5.41) is 4.79. The van der Waals surface area contributed by atoms with E-state index < -0.39 is 10.8 Å². The average molecular weight is 304 g/mol. The largest absolute Gasteiger partial charge is 0.361 e. The van der Waals surface area contributed by atoms with Gasteiger partial charge in [-0.05, 0) is 24.6 Å². The molecule has 0 bridgehead atoms. The Morgan fingerprint density at radius 3 is 2.61 bits per heavy atom. The monoisotopic (exact) mass is 303 g/mol. The molecule has 96 valence electrons. The summed E-state index contributed by atoms with van der Waals surface area (Å²) >= 11 is 11.7. The second kappa shape index (κ2) is 5.87. The quantitative estimate of drug-likeness (QED) is 0.864. The molecule has 18 heavy (non-hydrogen) atoms. The van der Waals surface area contributed by atoms with Crippen molar-refractivity contribution in [3.05, 3.63) is 51.3 Å². The van der Waals surface area contributed by atoms with Gasteiger partial charge in [-0.25, -0.2) is 0 Å². The molecule has 1 aromatic carbocycles. The predicted molar refractivity (Wildman–Crippen MR) is 73.3 cm³/mol. The molecule has 1 atom stereocenters. The fourth-order valence-corrected chi connectivity index (χ4v) is 2.96. The van der Waals surface area contributed by atoms with Gasteiger partial charge in [0.05, 0.1) is 21.5 Å². The Morgan fingerprint density at radius 1 is 1.22 bits per heavy atom. The first-order valence-electron chi connectivity index (χ1n) is 5.25. The number of halogens is 2. The molecule has 0 unspecified atom stereocenters. The molecule has 0 aliphatic rings. The van der Waals surface area contributed by atoms with Crippen LogP contribution in [0.3, 0.4) is 0 Å². The lowest BCUT2D eigenvalue weighted by molar-refractivity contribution is 0.392. The summed E-state index contributed by atoms with van der Waals surface area (Å²) in [4.78, 5) is 0. The summed E-state index contributed by atoms with van der Waals surface area (Å²) in [7, 11) is -1.05. The standard InChI is InChI=1S/C12H11Cl2NO2S/c1-8-4-10(15-17-8)7-18(16)6-9-2-3-11(13)12(14)5-9/h2-5H,6-7H2,1H3/t18-/m0/s1. The first-order chi connectivity index (χ1) is 8.54. The highest BCUT2D eigenvalue weighted by molar-refractivity contribution is 7.83. The van der Waals surface area contributed by atoms with Crippen LogP contribution in [0.1, 0.15) is 17.0 Å². The molecule has 0 radical (unpaired) electrons. The Labute approximate surface area is 118 Å². The van der Waals surface area contributed by atoms with Crippen LogP contribution in [0.15, 0.2) is 28.8 Å². The predicted octanol–water partition coefficient (Wildman–Crippen LogP) is 3.74. The van der Waals surface area contributed by atoms with E-state index in [1.165, 1.54) is 0 Å². The second-order valence-corrected chi connectivity index (χ2v) is 6.18. The molecule has 0 aliphatic carbocycles. The first-order valence-corrected chi connectivity index (χ1v) is 7.50. The molecule has 6 heteroatoms. The minimum Gasteiger partial charge on any atom is -0.361 e. The highest BCUT2D eigenvalue weighted by Crippen LogP contribution is 2.23. The van der Waals surface area contributed by atoms with E-state index in [9.17, 15) is 4.21 Å². The van der Waals surface area contributed by atoms with Crippen molar-refractivity contribution in [2.24, 2.45) is 0 Å². The molecule has 0 spiro atoms. The van der Waals surface area contributed by atoms with Crippen molar-refractivity contribution >= 4 is 34.0 Å². The second-order valence-electron chi connectivity index (χ2n) is 3.91. The van der Waals surface area contributed by atoms with Crippen molar-refractivity contribution in [1.29, 1.82) is 0 Å². The van der Waals surface area contributed by atoms with Gasteiger partial charge in [-0.2, -0.15) is 0 Å². The van der Waals surface area contributed by atoms with E-state index in [4.69, 9.17) is 27.7 Å². The molecule has 0 amide bonds. The van der Waals surface area contributed by atoms with Crippen LogP contribution >= 0.6 is 23.2 Å². The molecule has 3 nitrogen and oxygen atoms in total. The first kappa shape index (κ1) is 13.6. The summed E-state index contributed by atoms with van der Waals surface area (Å²) in [6.07, 6.45) is 0. The van der Waals surface area contributed by atoms with Crippen LogP contribution in [0.2, 0.25) is 10.0 Å². The van der Waals surface area contributed by atoms with Crippen LogP contribution < -0.4 is 0 Å². The SMILES string of the molecule is Cc1cc(C[S@@](=O)Cc2ccc(Cl)c(Cl)c2)no1. The molecule has 0 aliphatic heterocycles. The van der Waals surface area contributed by atoms with Crippen molar-refractivity contribution in [3.8, 4) is 0 Å². The molecule has 0 saturated heterocycles. The zero-order valence-electron chi connectivity index (χ0n) is 9.65. The Balaban J connectivity index is 2.00. The molecular weight excluding hydrogens is 293 g/mol. The van der Waals surface area contributed by atoms with Crippen LogP contribution in [-0.4, -0.2) is 9.37 Å². The van der Waals surface area contributed by atoms with Crippen molar-refractivity contribution in [3.63, 3.8) is 0 Å². The third-order valence-electron chi connectivity index (χ3n) is 2.30. The van der Waals surface area contributed by atoms with E-state index in [2.05, 4.69) is 5.16 Å². The van der Waals surface area contributed by atoms with Crippen LogP contribution in [0.4, 0.5) is 0 Å². The van der Waals surface area contributed by atoms with E-state index in [0.29, 0.717) is 27.2 Å². The van der Waals surface area contributed by atoms with Crippen molar-refractivity contribution in [2.75, 3.05) is 0 Å². The lowest BCUT2D eigenvalue weighted by atomic mass is 10.2. The maximum atomic E-state index is 11.9. The zero-order valence-corrected chi connectivity index (χ0v) is 12.0. The van der Waals surface area contributed by atoms with E-state index in [0.717, 1.165) is 11.3 Å². The van der Waals surface area contributed by atoms with Gasteiger partial charge < -0.3 is 4.52 Å². The van der Waals surface area contributed by atoms with Crippen LogP contribution in [0.5, 0.6) is 0 Å². The smallest absolute Gasteiger partial charge is 0.133 e.